The number of thioether (sulfide) groups is 1. The second kappa shape index (κ2) is 7.69. The maximum absolute atomic E-state index is 12.6. The molecule has 0 spiro atoms. The maximum Gasteiger partial charge on any atom is 0.290 e. The summed E-state index contributed by atoms with van der Waals surface area (Å²) in [5.41, 5.74) is 1.83. The predicted molar refractivity (Wildman–Crippen MR) is 106 cm³/mol. The number of aromatic nitrogens is 1. The highest BCUT2D eigenvalue weighted by Crippen LogP contribution is 2.29. The fourth-order valence-corrected chi connectivity index (χ4v) is 3.49. The molecule has 0 unspecified atom stereocenters. The second-order valence-electron chi connectivity index (χ2n) is 6.10. The second-order valence-corrected chi connectivity index (χ2v) is 7.11. The van der Waals surface area contributed by atoms with E-state index < -0.39 is 11.1 Å². The minimum Gasteiger partial charge on any atom is -0.456 e. The van der Waals surface area contributed by atoms with E-state index in [9.17, 15) is 14.4 Å². The highest BCUT2D eigenvalue weighted by molar-refractivity contribution is 8.18. The Kier molecular flexibility index (Phi) is 4.94. The molecule has 0 saturated carbocycles. The number of fused-ring (bicyclic) bond motifs is 1. The highest BCUT2D eigenvalue weighted by atomic mass is 32.2. The number of hydrogen-bond donors (Lipinski definition) is 2. The average Bonchev–Trinajstić information content (AvgIpc) is 3.24. The molecule has 8 heteroatoms. The molecule has 3 heterocycles. The van der Waals surface area contributed by atoms with Crippen molar-refractivity contribution in [3.8, 4) is 0 Å². The van der Waals surface area contributed by atoms with E-state index >= 15 is 0 Å². The van der Waals surface area contributed by atoms with Gasteiger partial charge in [0.2, 0.25) is 0 Å². The molecule has 2 N–H and O–H groups in total. The molecule has 28 heavy (non-hydrogen) atoms. The monoisotopic (exact) mass is 393 g/mol. The Labute approximate surface area is 164 Å². The first kappa shape index (κ1) is 18.0. The van der Waals surface area contributed by atoms with Crippen LogP contribution in [0.5, 0.6) is 0 Å². The van der Waals surface area contributed by atoms with Crippen LogP contribution in [0.1, 0.15) is 21.7 Å². The van der Waals surface area contributed by atoms with E-state index in [1.165, 1.54) is 12.3 Å². The largest absolute Gasteiger partial charge is 0.456 e. The minimum absolute atomic E-state index is 0.242. The molecule has 0 aliphatic carbocycles. The number of pyridine rings is 1. The molecular weight excluding hydrogens is 378 g/mol. The average molecular weight is 393 g/mol. The normalized spacial score (nSPS) is 15.2. The minimum atomic E-state index is -0.465. The van der Waals surface area contributed by atoms with E-state index in [4.69, 9.17) is 4.42 Å². The van der Waals surface area contributed by atoms with Crippen molar-refractivity contribution in [1.82, 2.24) is 15.6 Å². The van der Waals surface area contributed by atoms with Crippen LogP contribution >= 0.6 is 11.8 Å². The van der Waals surface area contributed by atoms with Gasteiger partial charge in [-0.25, -0.2) is 0 Å². The van der Waals surface area contributed by atoms with Crippen molar-refractivity contribution in [3.05, 3.63) is 70.6 Å². The van der Waals surface area contributed by atoms with Crippen LogP contribution in [0.2, 0.25) is 0 Å². The number of rotatable bonds is 5. The maximum atomic E-state index is 12.6. The lowest BCUT2D eigenvalue weighted by Crippen LogP contribution is -2.25. The van der Waals surface area contributed by atoms with Crippen molar-refractivity contribution < 1.29 is 18.8 Å². The summed E-state index contributed by atoms with van der Waals surface area (Å²) in [4.78, 5) is 39.8. The molecule has 1 aliphatic rings. The van der Waals surface area contributed by atoms with Crippen molar-refractivity contribution in [1.29, 1.82) is 0 Å². The van der Waals surface area contributed by atoms with Crippen molar-refractivity contribution in [2.24, 2.45) is 0 Å². The van der Waals surface area contributed by atoms with Crippen molar-refractivity contribution >= 4 is 45.9 Å². The van der Waals surface area contributed by atoms with Gasteiger partial charge in [-0.05, 0) is 29.8 Å². The van der Waals surface area contributed by atoms with Gasteiger partial charge in [0.05, 0.1) is 4.91 Å². The fourth-order valence-electron chi connectivity index (χ4n) is 2.83. The lowest BCUT2D eigenvalue weighted by molar-refractivity contribution is -0.115. The van der Waals surface area contributed by atoms with Crippen LogP contribution in [0.4, 0.5) is 4.79 Å². The lowest BCUT2D eigenvalue weighted by Gasteiger charge is -2.05. The van der Waals surface area contributed by atoms with Crippen LogP contribution in [0.15, 0.2) is 58.1 Å². The molecular formula is C20H15N3O4S. The molecule has 1 aliphatic heterocycles. The molecule has 3 amide bonds. The Morgan fingerprint density at radius 1 is 1.21 bits per heavy atom. The van der Waals surface area contributed by atoms with Crippen LogP contribution in [0.3, 0.4) is 0 Å². The van der Waals surface area contributed by atoms with Crippen molar-refractivity contribution in [2.45, 2.75) is 6.42 Å². The number of nitrogens with one attached hydrogen (secondary N) is 2. The van der Waals surface area contributed by atoms with Crippen LogP contribution in [-0.2, 0) is 11.2 Å². The van der Waals surface area contributed by atoms with Gasteiger partial charge in [0.15, 0.2) is 5.58 Å². The summed E-state index contributed by atoms with van der Waals surface area (Å²) in [7, 11) is 0. The van der Waals surface area contributed by atoms with Gasteiger partial charge < -0.3 is 9.73 Å². The summed E-state index contributed by atoms with van der Waals surface area (Å²) in [6, 6.07) is 11.5. The van der Waals surface area contributed by atoms with Crippen molar-refractivity contribution in [3.63, 3.8) is 0 Å². The van der Waals surface area contributed by atoms with Gasteiger partial charge in [-0.15, -0.1) is 0 Å². The Bertz CT molecular complexity index is 1110. The van der Waals surface area contributed by atoms with E-state index in [1.807, 2.05) is 30.3 Å². The number of hydrogen-bond acceptors (Lipinski definition) is 6. The summed E-state index contributed by atoms with van der Waals surface area (Å²) in [5, 5.41) is 5.27. The lowest BCUT2D eigenvalue weighted by atomic mass is 10.1. The topological polar surface area (TPSA) is 101 Å². The third-order valence-electron chi connectivity index (χ3n) is 4.14. The molecule has 4 rings (SSSR count). The van der Waals surface area contributed by atoms with Gasteiger partial charge in [-0.2, -0.15) is 0 Å². The SMILES string of the molecule is O=C1NC(=O)C(=Cc2cc3cncc(C(=O)NCCc4ccccc4)c3o2)S1. The number of benzene rings is 1. The Morgan fingerprint density at radius 3 is 2.79 bits per heavy atom. The summed E-state index contributed by atoms with van der Waals surface area (Å²) < 4.78 is 5.75. The number of furan rings is 1. The first-order valence-electron chi connectivity index (χ1n) is 8.55. The first-order chi connectivity index (χ1) is 13.6. The molecule has 1 aromatic carbocycles. The molecule has 3 aromatic rings. The molecule has 2 aromatic heterocycles. The third-order valence-corrected chi connectivity index (χ3v) is 4.95. The number of carbonyl (C=O) groups is 3. The number of imide groups is 1. The summed E-state index contributed by atoms with van der Waals surface area (Å²) in [6.45, 7) is 0.482. The zero-order valence-electron chi connectivity index (χ0n) is 14.6. The van der Waals surface area contributed by atoms with Gasteiger partial charge in [0.1, 0.15) is 11.3 Å². The van der Waals surface area contributed by atoms with Gasteiger partial charge in [0, 0.05) is 30.4 Å². The number of carbonyl (C=O) groups excluding carboxylic acids is 3. The summed E-state index contributed by atoms with van der Waals surface area (Å²) in [5.74, 6) is -0.383. The molecule has 0 bridgehead atoms. The Balaban J connectivity index is 1.52. The van der Waals surface area contributed by atoms with Crippen LogP contribution in [0.25, 0.3) is 17.0 Å². The smallest absolute Gasteiger partial charge is 0.290 e. The Hall–Kier alpha value is -3.39. The van der Waals surface area contributed by atoms with E-state index in [-0.39, 0.29) is 10.8 Å². The van der Waals surface area contributed by atoms with Gasteiger partial charge in [-0.1, -0.05) is 30.3 Å². The molecule has 1 fully saturated rings. The van der Waals surface area contributed by atoms with Crippen LogP contribution in [-0.4, -0.2) is 28.6 Å². The number of nitrogens with zero attached hydrogens (tertiary/aromatic N) is 1. The predicted octanol–water partition coefficient (Wildman–Crippen LogP) is 3.12. The van der Waals surface area contributed by atoms with Gasteiger partial charge in [-0.3, -0.25) is 24.7 Å². The van der Waals surface area contributed by atoms with Gasteiger partial charge >= 0.3 is 0 Å². The molecule has 0 atom stereocenters. The summed E-state index contributed by atoms with van der Waals surface area (Å²) >= 11 is 0.805. The standard InChI is InChI=1S/C20H15N3O4S/c24-18(22-7-6-12-4-2-1-3-5-12)15-11-21-10-13-8-14(27-17(13)15)9-16-19(25)23-20(26)28-16/h1-5,8-11H,6-7H2,(H,22,24)(H,23,25,26). The third kappa shape index (κ3) is 3.81. The van der Waals surface area contributed by atoms with E-state index in [2.05, 4.69) is 15.6 Å². The van der Waals surface area contributed by atoms with E-state index in [0.717, 1.165) is 17.3 Å². The van der Waals surface area contributed by atoms with Crippen LogP contribution < -0.4 is 10.6 Å². The van der Waals surface area contributed by atoms with Crippen molar-refractivity contribution in [2.75, 3.05) is 6.54 Å². The fraction of sp³-hybridized carbons (Fsp3) is 0.100. The quantitative estimate of drug-likeness (QED) is 0.646. The van der Waals surface area contributed by atoms with Gasteiger partial charge in [0.25, 0.3) is 17.1 Å². The van der Waals surface area contributed by atoms with E-state index in [0.29, 0.717) is 35.3 Å². The summed E-state index contributed by atoms with van der Waals surface area (Å²) in [6.07, 6.45) is 5.21. The molecule has 1 saturated heterocycles. The Morgan fingerprint density at radius 2 is 2.04 bits per heavy atom. The zero-order valence-corrected chi connectivity index (χ0v) is 15.4. The van der Waals surface area contributed by atoms with E-state index in [1.54, 1.807) is 12.3 Å². The number of amides is 3. The zero-order chi connectivity index (χ0) is 19.5. The molecule has 0 radical (unpaired) electrons. The van der Waals surface area contributed by atoms with Crippen LogP contribution in [0, 0.1) is 0 Å². The molecule has 140 valence electrons. The molecule has 7 nitrogen and oxygen atoms in total. The first-order valence-corrected chi connectivity index (χ1v) is 9.36. The highest BCUT2D eigenvalue weighted by Gasteiger charge is 2.25.